The highest BCUT2D eigenvalue weighted by Crippen LogP contribution is 2.41. The van der Waals surface area contributed by atoms with E-state index >= 15 is 0 Å². The van der Waals surface area contributed by atoms with Crippen molar-refractivity contribution in [3.05, 3.63) is 29.6 Å². The first kappa shape index (κ1) is 7.51. The van der Waals surface area contributed by atoms with Crippen LogP contribution in [0, 0.1) is 0 Å². The van der Waals surface area contributed by atoms with Crippen LogP contribution in [-0.4, -0.2) is 23.0 Å². The molecule has 0 saturated carbocycles. The second-order valence-corrected chi connectivity index (χ2v) is 4.19. The number of hydrogen-bond acceptors (Lipinski definition) is 2. The number of likely N-dealkylation sites (N-methyl/N-ethyl adjacent to an activating group) is 1. The molecule has 1 aromatic rings. The predicted molar refractivity (Wildman–Crippen MR) is 51.5 cm³/mol. The average Bonchev–Trinajstić information content (AvgIpc) is 2.43. The Labute approximate surface area is 78.6 Å². The third kappa shape index (κ3) is 0.953. The summed E-state index contributed by atoms with van der Waals surface area (Å²) in [5.74, 6) is 0. The lowest BCUT2D eigenvalue weighted by Gasteiger charge is -2.32. The maximum atomic E-state index is 4.22. The number of aromatic nitrogens is 1. The molecule has 2 aliphatic rings. The summed E-state index contributed by atoms with van der Waals surface area (Å²) in [4.78, 5) is 6.74. The maximum Gasteiger partial charge on any atom is 0.0366 e. The first-order valence-corrected chi connectivity index (χ1v) is 5.01. The second-order valence-electron chi connectivity index (χ2n) is 4.19. The molecule has 2 atom stereocenters. The molecule has 1 saturated heterocycles. The van der Waals surface area contributed by atoms with Gasteiger partial charge in [0.05, 0.1) is 0 Å². The van der Waals surface area contributed by atoms with Gasteiger partial charge in [-0.1, -0.05) is 0 Å². The maximum absolute atomic E-state index is 4.22. The molecule has 2 bridgehead atoms. The molecule has 2 aliphatic heterocycles. The summed E-state index contributed by atoms with van der Waals surface area (Å²) in [5.41, 5.74) is 3.00. The van der Waals surface area contributed by atoms with Crippen LogP contribution in [0.5, 0.6) is 0 Å². The molecule has 1 aromatic heterocycles. The van der Waals surface area contributed by atoms with Gasteiger partial charge >= 0.3 is 0 Å². The molecule has 0 unspecified atom stereocenters. The minimum absolute atomic E-state index is 0.655. The largest absolute Gasteiger partial charge is 0.296 e. The summed E-state index contributed by atoms with van der Waals surface area (Å²) >= 11 is 0. The number of pyridine rings is 1. The van der Waals surface area contributed by atoms with E-state index in [0.717, 1.165) is 6.04 Å². The van der Waals surface area contributed by atoms with E-state index in [1.54, 1.807) is 0 Å². The topological polar surface area (TPSA) is 16.1 Å². The quantitative estimate of drug-likeness (QED) is 0.596. The van der Waals surface area contributed by atoms with Crippen LogP contribution in [0.15, 0.2) is 18.5 Å². The van der Waals surface area contributed by atoms with Crippen molar-refractivity contribution in [3.63, 3.8) is 0 Å². The van der Waals surface area contributed by atoms with Gasteiger partial charge in [0.25, 0.3) is 0 Å². The molecular formula is C11H14N2. The Kier molecular flexibility index (Phi) is 1.47. The summed E-state index contributed by atoms with van der Waals surface area (Å²) < 4.78 is 0. The van der Waals surface area contributed by atoms with E-state index in [0.29, 0.717) is 6.04 Å². The Hall–Kier alpha value is -0.890. The fraction of sp³-hybridized carbons (Fsp3) is 0.545. The van der Waals surface area contributed by atoms with Crippen molar-refractivity contribution in [3.8, 4) is 0 Å². The summed E-state index contributed by atoms with van der Waals surface area (Å²) in [6, 6.07) is 3.63. The summed E-state index contributed by atoms with van der Waals surface area (Å²) in [6.07, 6.45) is 7.88. The standard InChI is InChI=1S/C11H14N2/c1-13-9-2-3-11(13)10-7-12-5-4-8(10)6-9/h4-5,7,9,11H,2-3,6H2,1H3/t9-,11+/m1/s1. The Morgan fingerprint density at radius 3 is 3.31 bits per heavy atom. The zero-order valence-electron chi connectivity index (χ0n) is 7.90. The fourth-order valence-electron chi connectivity index (χ4n) is 2.81. The summed E-state index contributed by atoms with van der Waals surface area (Å²) in [5, 5.41) is 0. The molecule has 0 aliphatic carbocycles. The van der Waals surface area contributed by atoms with Crippen LogP contribution >= 0.6 is 0 Å². The van der Waals surface area contributed by atoms with Gasteiger partial charge in [-0.2, -0.15) is 0 Å². The van der Waals surface area contributed by atoms with Crippen molar-refractivity contribution in [1.29, 1.82) is 0 Å². The molecule has 2 nitrogen and oxygen atoms in total. The van der Waals surface area contributed by atoms with Crippen molar-refractivity contribution in [2.24, 2.45) is 0 Å². The van der Waals surface area contributed by atoms with Crippen LogP contribution in [0.2, 0.25) is 0 Å². The van der Waals surface area contributed by atoms with E-state index in [1.807, 2.05) is 6.20 Å². The van der Waals surface area contributed by atoms with E-state index in [1.165, 1.54) is 30.4 Å². The van der Waals surface area contributed by atoms with Gasteiger partial charge in [0, 0.05) is 24.5 Å². The molecule has 13 heavy (non-hydrogen) atoms. The first-order chi connectivity index (χ1) is 6.36. The molecule has 0 aromatic carbocycles. The average molecular weight is 174 g/mol. The number of fused-ring (bicyclic) bond motifs is 4. The lowest BCUT2D eigenvalue weighted by molar-refractivity contribution is 0.224. The van der Waals surface area contributed by atoms with E-state index in [4.69, 9.17) is 0 Å². The van der Waals surface area contributed by atoms with Gasteiger partial charge in [-0.3, -0.25) is 9.88 Å². The van der Waals surface area contributed by atoms with Crippen LogP contribution < -0.4 is 0 Å². The van der Waals surface area contributed by atoms with Gasteiger partial charge in [-0.25, -0.2) is 0 Å². The lowest BCUT2D eigenvalue weighted by atomic mass is 9.96. The Morgan fingerprint density at radius 2 is 2.38 bits per heavy atom. The highest BCUT2D eigenvalue weighted by molar-refractivity contribution is 5.32. The van der Waals surface area contributed by atoms with Gasteiger partial charge < -0.3 is 0 Å². The Bertz CT molecular complexity index is 335. The molecule has 0 radical (unpaired) electrons. The van der Waals surface area contributed by atoms with Crippen molar-refractivity contribution in [2.45, 2.75) is 31.3 Å². The van der Waals surface area contributed by atoms with Gasteiger partial charge in [0.2, 0.25) is 0 Å². The van der Waals surface area contributed by atoms with Crippen molar-refractivity contribution >= 4 is 0 Å². The van der Waals surface area contributed by atoms with Crippen molar-refractivity contribution < 1.29 is 0 Å². The number of nitrogens with zero attached hydrogens (tertiary/aromatic N) is 2. The van der Waals surface area contributed by atoms with Crippen LogP contribution in [0.1, 0.15) is 30.0 Å². The normalized spacial score (nSPS) is 31.8. The zero-order valence-corrected chi connectivity index (χ0v) is 7.90. The summed E-state index contributed by atoms with van der Waals surface area (Å²) in [6.45, 7) is 0. The van der Waals surface area contributed by atoms with Crippen molar-refractivity contribution in [2.75, 3.05) is 7.05 Å². The molecule has 1 fully saturated rings. The monoisotopic (exact) mass is 174 g/mol. The van der Waals surface area contributed by atoms with Crippen LogP contribution in [0.3, 0.4) is 0 Å². The second kappa shape index (κ2) is 2.55. The van der Waals surface area contributed by atoms with Crippen LogP contribution in [0.4, 0.5) is 0 Å². The number of hydrogen-bond donors (Lipinski definition) is 0. The lowest BCUT2D eigenvalue weighted by Crippen LogP contribution is -2.34. The molecule has 3 heterocycles. The van der Waals surface area contributed by atoms with E-state index in [9.17, 15) is 0 Å². The molecule has 0 spiro atoms. The Balaban J connectivity index is 2.12. The third-order valence-electron chi connectivity index (χ3n) is 3.60. The van der Waals surface area contributed by atoms with Gasteiger partial charge in [0.1, 0.15) is 0 Å². The van der Waals surface area contributed by atoms with Gasteiger partial charge in [0.15, 0.2) is 0 Å². The zero-order chi connectivity index (χ0) is 8.84. The number of rotatable bonds is 0. The predicted octanol–water partition coefficient (Wildman–Crippen LogP) is 1.77. The van der Waals surface area contributed by atoms with Gasteiger partial charge in [-0.05, 0) is 43.5 Å². The van der Waals surface area contributed by atoms with Crippen LogP contribution in [0.25, 0.3) is 0 Å². The van der Waals surface area contributed by atoms with E-state index in [2.05, 4.69) is 29.2 Å². The molecule has 3 rings (SSSR count). The molecule has 2 heteroatoms. The first-order valence-electron chi connectivity index (χ1n) is 5.01. The van der Waals surface area contributed by atoms with Crippen LogP contribution in [-0.2, 0) is 6.42 Å². The van der Waals surface area contributed by atoms with Crippen molar-refractivity contribution in [1.82, 2.24) is 9.88 Å². The smallest absolute Gasteiger partial charge is 0.0366 e. The molecular weight excluding hydrogens is 160 g/mol. The highest BCUT2D eigenvalue weighted by Gasteiger charge is 2.37. The minimum atomic E-state index is 0.655. The summed E-state index contributed by atoms with van der Waals surface area (Å²) in [7, 11) is 2.25. The van der Waals surface area contributed by atoms with Gasteiger partial charge in [-0.15, -0.1) is 0 Å². The minimum Gasteiger partial charge on any atom is -0.296 e. The third-order valence-corrected chi connectivity index (χ3v) is 3.60. The molecule has 0 amide bonds. The highest BCUT2D eigenvalue weighted by atomic mass is 15.2. The molecule has 68 valence electrons. The van der Waals surface area contributed by atoms with E-state index in [-0.39, 0.29) is 0 Å². The SMILES string of the molecule is CN1[C@@H]2CC[C@H]1c1cnccc1C2. The Morgan fingerprint density at radius 1 is 1.46 bits per heavy atom. The molecule has 0 N–H and O–H groups in total. The van der Waals surface area contributed by atoms with E-state index < -0.39 is 0 Å². The fourth-order valence-corrected chi connectivity index (χ4v) is 2.81.